The minimum atomic E-state index is -1.04. The first kappa shape index (κ1) is 27.3. The highest BCUT2D eigenvalue weighted by molar-refractivity contribution is 6.36. The van der Waals surface area contributed by atoms with Gasteiger partial charge in [-0.3, -0.25) is 4.79 Å². The topological polar surface area (TPSA) is 102 Å². The Hall–Kier alpha value is -3.33. The van der Waals surface area contributed by atoms with E-state index in [1.807, 2.05) is 30.3 Å². The number of benzene rings is 2. The molecule has 0 radical (unpaired) electrons. The van der Waals surface area contributed by atoms with Gasteiger partial charge in [0.15, 0.2) is 0 Å². The number of hydrogen-bond donors (Lipinski definition) is 2. The monoisotopic (exact) mass is 531 g/mol. The van der Waals surface area contributed by atoms with E-state index in [0.717, 1.165) is 5.56 Å². The second-order valence-electron chi connectivity index (χ2n) is 8.76. The first-order valence-corrected chi connectivity index (χ1v) is 11.9. The molecule has 0 saturated heterocycles. The van der Waals surface area contributed by atoms with Crippen LogP contribution in [-0.4, -0.2) is 36.5 Å². The highest BCUT2D eigenvalue weighted by Gasteiger charge is 2.24. The number of furan rings is 1. The van der Waals surface area contributed by atoms with Gasteiger partial charge in [0.25, 0.3) is 5.91 Å². The van der Waals surface area contributed by atoms with E-state index in [9.17, 15) is 9.59 Å². The Morgan fingerprint density at radius 2 is 1.83 bits per heavy atom. The van der Waals surface area contributed by atoms with E-state index in [1.165, 1.54) is 6.21 Å². The number of rotatable bonds is 9. The molecule has 36 heavy (non-hydrogen) atoms. The van der Waals surface area contributed by atoms with Crippen LogP contribution in [0.1, 0.15) is 32.1 Å². The summed E-state index contributed by atoms with van der Waals surface area (Å²) in [7, 11) is 0. The molecule has 2 aromatic carbocycles. The quantitative estimate of drug-likeness (QED) is 0.267. The fraction of sp³-hybridized carbons (Fsp3) is 0.269. The molecule has 1 atom stereocenters. The predicted octanol–water partition coefficient (Wildman–Crippen LogP) is 5.81. The lowest BCUT2D eigenvalue weighted by molar-refractivity contribution is -0.124. The second-order valence-corrected chi connectivity index (χ2v) is 9.60. The van der Waals surface area contributed by atoms with Crippen molar-refractivity contribution in [1.29, 1.82) is 0 Å². The van der Waals surface area contributed by atoms with Gasteiger partial charge in [-0.15, -0.1) is 0 Å². The van der Waals surface area contributed by atoms with Crippen LogP contribution in [0.4, 0.5) is 4.79 Å². The SMILES string of the molecule is CC(C)(C)OC(=O)N[C@@H](COCc1ccccc1)C(=O)N/N=C\c1ccc(-c2ccc(Cl)cc2Cl)o1. The number of hydrazone groups is 1. The number of nitrogens with one attached hydrogen (secondary N) is 2. The number of alkyl carbamates (subject to hydrolysis) is 1. The van der Waals surface area contributed by atoms with Gasteiger partial charge in [-0.2, -0.15) is 5.10 Å². The molecule has 0 spiro atoms. The van der Waals surface area contributed by atoms with Crippen LogP contribution in [0.2, 0.25) is 10.0 Å². The Kier molecular flexibility index (Phi) is 9.52. The lowest BCUT2D eigenvalue weighted by Gasteiger charge is -2.22. The van der Waals surface area contributed by atoms with E-state index in [1.54, 1.807) is 51.1 Å². The molecule has 0 aliphatic carbocycles. The summed E-state index contributed by atoms with van der Waals surface area (Å²) in [6.45, 7) is 5.37. The van der Waals surface area contributed by atoms with Gasteiger partial charge in [-0.25, -0.2) is 10.2 Å². The van der Waals surface area contributed by atoms with E-state index in [2.05, 4.69) is 15.8 Å². The summed E-state index contributed by atoms with van der Waals surface area (Å²) in [6, 6.07) is 16.9. The van der Waals surface area contributed by atoms with Crippen molar-refractivity contribution in [3.05, 3.63) is 82.0 Å². The smallest absolute Gasteiger partial charge is 0.408 e. The number of carbonyl (C=O) groups is 2. The van der Waals surface area contributed by atoms with Gasteiger partial charge >= 0.3 is 6.09 Å². The summed E-state index contributed by atoms with van der Waals surface area (Å²) >= 11 is 12.2. The first-order chi connectivity index (χ1) is 17.1. The lowest BCUT2D eigenvalue weighted by atomic mass is 10.2. The van der Waals surface area contributed by atoms with Crippen LogP contribution in [0.5, 0.6) is 0 Å². The van der Waals surface area contributed by atoms with E-state index in [0.29, 0.717) is 27.1 Å². The van der Waals surface area contributed by atoms with Crippen LogP contribution in [-0.2, 0) is 20.9 Å². The molecule has 0 aliphatic heterocycles. The maximum absolute atomic E-state index is 12.7. The zero-order valence-electron chi connectivity index (χ0n) is 20.1. The molecule has 10 heteroatoms. The third kappa shape index (κ3) is 8.71. The zero-order valence-corrected chi connectivity index (χ0v) is 21.6. The number of nitrogens with zero attached hydrogens (tertiary/aromatic N) is 1. The number of carbonyl (C=O) groups excluding carboxylic acids is 2. The third-order valence-electron chi connectivity index (χ3n) is 4.59. The van der Waals surface area contributed by atoms with Gasteiger partial charge in [-0.05, 0) is 56.7 Å². The summed E-state index contributed by atoms with van der Waals surface area (Å²) in [5, 5.41) is 7.42. The number of halogens is 2. The van der Waals surface area contributed by atoms with Crippen LogP contribution >= 0.6 is 23.2 Å². The number of hydrogen-bond acceptors (Lipinski definition) is 6. The summed E-state index contributed by atoms with van der Waals surface area (Å²) < 4.78 is 16.6. The van der Waals surface area contributed by atoms with Crippen molar-refractivity contribution in [1.82, 2.24) is 10.7 Å². The van der Waals surface area contributed by atoms with Crippen molar-refractivity contribution in [3.8, 4) is 11.3 Å². The van der Waals surface area contributed by atoms with Gasteiger partial charge in [0.2, 0.25) is 0 Å². The minimum absolute atomic E-state index is 0.0878. The van der Waals surface area contributed by atoms with Gasteiger partial charge in [0.05, 0.1) is 24.5 Å². The molecule has 0 aliphatic rings. The van der Waals surface area contributed by atoms with E-state index >= 15 is 0 Å². The second kappa shape index (κ2) is 12.6. The maximum atomic E-state index is 12.7. The average Bonchev–Trinajstić information content (AvgIpc) is 3.26. The standard InChI is InChI=1S/C26H27Cl2N3O5/c1-26(2,3)36-25(33)30-22(16-34-15-17-7-5-4-6-8-17)24(32)31-29-14-19-10-12-23(35-19)20-11-9-18(27)13-21(20)28/h4-14,22H,15-16H2,1-3H3,(H,30,33)(H,31,32)/b29-14-/t22-/m0/s1. The Morgan fingerprint density at radius 1 is 1.08 bits per heavy atom. The van der Waals surface area contributed by atoms with E-state index < -0.39 is 23.6 Å². The minimum Gasteiger partial charge on any atom is -0.455 e. The Morgan fingerprint density at radius 3 is 2.53 bits per heavy atom. The van der Waals surface area contributed by atoms with Crippen molar-refractivity contribution >= 4 is 41.4 Å². The summed E-state index contributed by atoms with van der Waals surface area (Å²) in [5.41, 5.74) is 3.27. The Labute approximate surface area is 219 Å². The van der Waals surface area contributed by atoms with Crippen LogP contribution in [0.15, 0.2) is 70.2 Å². The molecule has 8 nitrogen and oxygen atoms in total. The van der Waals surface area contributed by atoms with Gasteiger partial charge in [-0.1, -0.05) is 53.5 Å². The van der Waals surface area contributed by atoms with Crippen LogP contribution in [0, 0.1) is 0 Å². The molecule has 0 bridgehead atoms. The van der Waals surface area contributed by atoms with Crippen molar-refractivity contribution in [2.24, 2.45) is 5.10 Å². The van der Waals surface area contributed by atoms with E-state index in [4.69, 9.17) is 37.1 Å². The first-order valence-electron chi connectivity index (χ1n) is 11.1. The Balaban J connectivity index is 1.61. The number of amides is 2. The van der Waals surface area contributed by atoms with Crippen LogP contribution < -0.4 is 10.7 Å². The van der Waals surface area contributed by atoms with Crippen LogP contribution in [0.25, 0.3) is 11.3 Å². The lowest BCUT2D eigenvalue weighted by Crippen LogP contribution is -2.49. The normalized spacial score (nSPS) is 12.4. The van der Waals surface area contributed by atoms with Crippen molar-refractivity contribution in [3.63, 3.8) is 0 Å². The molecular formula is C26H27Cl2N3O5. The highest BCUT2D eigenvalue weighted by atomic mass is 35.5. The molecule has 2 amide bonds. The molecule has 0 fully saturated rings. The van der Waals surface area contributed by atoms with Gasteiger partial charge < -0.3 is 19.2 Å². The third-order valence-corrected chi connectivity index (χ3v) is 5.14. The summed E-state index contributed by atoms with van der Waals surface area (Å²) in [5.74, 6) is 0.314. The predicted molar refractivity (Wildman–Crippen MR) is 139 cm³/mol. The largest absolute Gasteiger partial charge is 0.455 e. The number of ether oxygens (including phenoxy) is 2. The molecule has 0 saturated carbocycles. The molecule has 3 rings (SSSR count). The summed E-state index contributed by atoms with van der Waals surface area (Å²) in [6.07, 6.45) is 0.589. The van der Waals surface area contributed by atoms with Crippen molar-refractivity contribution in [2.75, 3.05) is 6.61 Å². The van der Waals surface area contributed by atoms with Crippen molar-refractivity contribution < 1.29 is 23.5 Å². The molecular weight excluding hydrogens is 505 g/mol. The fourth-order valence-corrected chi connectivity index (χ4v) is 3.50. The molecule has 3 aromatic rings. The summed E-state index contributed by atoms with van der Waals surface area (Å²) in [4.78, 5) is 25.0. The van der Waals surface area contributed by atoms with E-state index in [-0.39, 0.29) is 13.2 Å². The van der Waals surface area contributed by atoms with Crippen molar-refractivity contribution in [2.45, 2.75) is 39.0 Å². The fourth-order valence-electron chi connectivity index (χ4n) is 3.00. The molecule has 1 heterocycles. The Bertz CT molecular complexity index is 1210. The zero-order chi connectivity index (χ0) is 26.1. The van der Waals surface area contributed by atoms with Gasteiger partial charge in [0.1, 0.15) is 23.2 Å². The molecule has 0 unspecified atom stereocenters. The van der Waals surface area contributed by atoms with Crippen LogP contribution in [0.3, 0.4) is 0 Å². The van der Waals surface area contributed by atoms with Gasteiger partial charge in [0, 0.05) is 10.6 Å². The molecule has 1 aromatic heterocycles. The average molecular weight is 532 g/mol. The molecule has 2 N–H and O–H groups in total. The maximum Gasteiger partial charge on any atom is 0.408 e. The highest BCUT2D eigenvalue weighted by Crippen LogP contribution is 2.31. The molecule has 190 valence electrons.